The lowest BCUT2D eigenvalue weighted by atomic mass is 10.1. The van der Waals surface area contributed by atoms with Gasteiger partial charge in [0, 0.05) is 28.9 Å². The van der Waals surface area contributed by atoms with Crippen molar-refractivity contribution in [1.82, 2.24) is 19.9 Å². The number of anilines is 1. The lowest BCUT2D eigenvalue weighted by molar-refractivity contribution is -0.137. The Balaban J connectivity index is 2.29. The highest BCUT2D eigenvalue weighted by molar-refractivity contribution is 6.29. The van der Waals surface area contributed by atoms with Crippen molar-refractivity contribution in [3.63, 3.8) is 0 Å². The van der Waals surface area contributed by atoms with Crippen LogP contribution in [0.5, 0.6) is 0 Å². The zero-order chi connectivity index (χ0) is 19.1. The minimum atomic E-state index is -4.61. The van der Waals surface area contributed by atoms with E-state index in [1.165, 1.54) is 6.20 Å². The minimum absolute atomic E-state index is 0.0757. The fourth-order valence-corrected chi connectivity index (χ4v) is 2.55. The van der Waals surface area contributed by atoms with E-state index >= 15 is 0 Å². The van der Waals surface area contributed by atoms with Gasteiger partial charge in [-0.3, -0.25) is 4.98 Å². The number of alkyl halides is 3. The maximum atomic E-state index is 13.4. The third-order valence-corrected chi connectivity index (χ3v) is 3.62. The summed E-state index contributed by atoms with van der Waals surface area (Å²) in [7, 11) is 0. The second kappa shape index (κ2) is 6.35. The average molecular weight is 382 g/mol. The molecule has 0 aliphatic heterocycles. The smallest absolute Gasteiger partial charge is 0.365 e. The van der Waals surface area contributed by atoms with Gasteiger partial charge < -0.3 is 5.32 Å². The number of fused-ring (bicyclic) bond motifs is 1. The summed E-state index contributed by atoms with van der Waals surface area (Å²) in [6, 6.07) is 2.82. The molecule has 0 amide bonds. The van der Waals surface area contributed by atoms with Gasteiger partial charge in [-0.2, -0.15) is 13.2 Å². The molecule has 26 heavy (non-hydrogen) atoms. The molecule has 0 atom stereocenters. The van der Waals surface area contributed by atoms with Crippen molar-refractivity contribution in [1.29, 1.82) is 0 Å². The standard InChI is InChI=1S/C17H15ClF3N5/c1-16(2,3)26-15-9-4-5-22-8-12(9)24-14(25-15)10-6-13(18)23-7-11(10)17(19,20)21/h4-8H,1-3H3,(H,24,25,26). The van der Waals surface area contributed by atoms with Gasteiger partial charge in [0.25, 0.3) is 0 Å². The van der Waals surface area contributed by atoms with Gasteiger partial charge in [-0.15, -0.1) is 0 Å². The van der Waals surface area contributed by atoms with Gasteiger partial charge in [-0.05, 0) is 32.9 Å². The van der Waals surface area contributed by atoms with Crippen molar-refractivity contribution < 1.29 is 13.2 Å². The number of nitrogens with zero attached hydrogens (tertiary/aromatic N) is 4. The van der Waals surface area contributed by atoms with Gasteiger partial charge in [0.05, 0.1) is 17.3 Å². The molecule has 3 aromatic rings. The Hall–Kier alpha value is -2.48. The summed E-state index contributed by atoms with van der Waals surface area (Å²) in [5.41, 5.74) is -1.12. The molecule has 0 bridgehead atoms. The second-order valence-corrected chi connectivity index (χ2v) is 7.10. The number of hydrogen-bond acceptors (Lipinski definition) is 5. The van der Waals surface area contributed by atoms with Gasteiger partial charge in [0.2, 0.25) is 0 Å². The molecular weight excluding hydrogens is 367 g/mol. The summed E-state index contributed by atoms with van der Waals surface area (Å²) in [5.74, 6) is 0.315. The van der Waals surface area contributed by atoms with Gasteiger partial charge in [0.15, 0.2) is 5.82 Å². The second-order valence-electron chi connectivity index (χ2n) is 6.71. The van der Waals surface area contributed by atoms with E-state index in [-0.39, 0.29) is 22.1 Å². The largest absolute Gasteiger partial charge is 0.418 e. The lowest BCUT2D eigenvalue weighted by Crippen LogP contribution is -2.27. The van der Waals surface area contributed by atoms with Crippen LogP contribution in [-0.4, -0.2) is 25.5 Å². The Labute approximate surface area is 152 Å². The van der Waals surface area contributed by atoms with Crippen LogP contribution in [0.15, 0.2) is 30.7 Å². The van der Waals surface area contributed by atoms with Crippen molar-refractivity contribution in [3.8, 4) is 11.4 Å². The van der Waals surface area contributed by atoms with Crippen molar-refractivity contribution >= 4 is 28.3 Å². The van der Waals surface area contributed by atoms with Crippen LogP contribution in [0.25, 0.3) is 22.3 Å². The molecule has 0 radical (unpaired) electrons. The van der Waals surface area contributed by atoms with Gasteiger partial charge in [0.1, 0.15) is 11.0 Å². The van der Waals surface area contributed by atoms with E-state index in [9.17, 15) is 13.2 Å². The highest BCUT2D eigenvalue weighted by Crippen LogP contribution is 2.37. The number of pyridine rings is 2. The molecule has 0 unspecified atom stereocenters. The molecule has 0 aliphatic rings. The maximum absolute atomic E-state index is 13.4. The SMILES string of the molecule is CC(C)(C)Nc1nc(-c2cc(Cl)ncc2C(F)(F)F)nc2cnccc12. The van der Waals surface area contributed by atoms with E-state index in [2.05, 4.69) is 25.3 Å². The molecule has 0 fully saturated rings. The van der Waals surface area contributed by atoms with E-state index in [4.69, 9.17) is 11.6 Å². The molecular formula is C17H15ClF3N5. The molecule has 0 saturated carbocycles. The summed E-state index contributed by atoms with van der Waals surface area (Å²) in [4.78, 5) is 16.1. The first-order valence-electron chi connectivity index (χ1n) is 7.68. The Morgan fingerprint density at radius 3 is 2.46 bits per heavy atom. The molecule has 0 aromatic carbocycles. The van der Waals surface area contributed by atoms with E-state index < -0.39 is 11.7 Å². The molecule has 0 spiro atoms. The molecule has 3 heterocycles. The highest BCUT2D eigenvalue weighted by atomic mass is 35.5. The molecule has 9 heteroatoms. The topological polar surface area (TPSA) is 63.6 Å². The van der Waals surface area contributed by atoms with Crippen molar-refractivity contribution in [3.05, 3.63) is 41.4 Å². The first-order chi connectivity index (χ1) is 12.0. The molecule has 0 saturated heterocycles. The third-order valence-electron chi connectivity index (χ3n) is 3.41. The maximum Gasteiger partial charge on any atom is 0.418 e. The average Bonchev–Trinajstić information content (AvgIpc) is 2.52. The van der Waals surface area contributed by atoms with Crippen molar-refractivity contribution in [2.45, 2.75) is 32.5 Å². The van der Waals surface area contributed by atoms with Crippen LogP contribution in [0.3, 0.4) is 0 Å². The van der Waals surface area contributed by atoms with Crippen LogP contribution in [0.1, 0.15) is 26.3 Å². The van der Waals surface area contributed by atoms with Crippen molar-refractivity contribution in [2.75, 3.05) is 5.32 Å². The summed E-state index contributed by atoms with van der Waals surface area (Å²) in [5, 5.41) is 3.78. The van der Waals surface area contributed by atoms with Crippen LogP contribution in [0, 0.1) is 0 Å². The van der Waals surface area contributed by atoms with Crippen LogP contribution < -0.4 is 5.32 Å². The zero-order valence-corrected chi connectivity index (χ0v) is 14.9. The van der Waals surface area contributed by atoms with Gasteiger partial charge >= 0.3 is 6.18 Å². The monoisotopic (exact) mass is 381 g/mol. The Bertz CT molecular complexity index is 967. The van der Waals surface area contributed by atoms with Crippen LogP contribution >= 0.6 is 11.6 Å². The predicted molar refractivity (Wildman–Crippen MR) is 94.0 cm³/mol. The summed E-state index contributed by atoms with van der Waals surface area (Å²) >= 11 is 5.82. The Morgan fingerprint density at radius 1 is 1.08 bits per heavy atom. The van der Waals surface area contributed by atoms with E-state index in [1.54, 1.807) is 12.3 Å². The quantitative estimate of drug-likeness (QED) is 0.635. The summed E-state index contributed by atoms with van der Waals surface area (Å²) in [6.45, 7) is 5.77. The summed E-state index contributed by atoms with van der Waals surface area (Å²) in [6.07, 6.45) is -0.878. The van der Waals surface area contributed by atoms with Crippen molar-refractivity contribution in [2.24, 2.45) is 0 Å². The molecule has 136 valence electrons. The van der Waals surface area contributed by atoms with E-state index in [1.807, 2.05) is 20.8 Å². The van der Waals surface area contributed by atoms with Gasteiger partial charge in [-0.1, -0.05) is 11.6 Å². The zero-order valence-electron chi connectivity index (χ0n) is 14.2. The fraction of sp³-hybridized carbons (Fsp3) is 0.294. The summed E-state index contributed by atoms with van der Waals surface area (Å²) < 4.78 is 40.2. The normalized spacial score (nSPS) is 12.4. The number of hydrogen-bond donors (Lipinski definition) is 1. The van der Waals surface area contributed by atoms with Gasteiger partial charge in [-0.25, -0.2) is 15.0 Å². The van der Waals surface area contributed by atoms with E-state index in [0.29, 0.717) is 22.9 Å². The molecule has 3 rings (SSSR count). The fourth-order valence-electron chi connectivity index (χ4n) is 2.39. The first-order valence-corrected chi connectivity index (χ1v) is 8.05. The highest BCUT2D eigenvalue weighted by Gasteiger charge is 2.35. The van der Waals surface area contributed by atoms with Crippen LogP contribution in [0.4, 0.5) is 19.0 Å². The van der Waals surface area contributed by atoms with Crippen LogP contribution in [0.2, 0.25) is 5.15 Å². The van der Waals surface area contributed by atoms with E-state index in [0.717, 1.165) is 6.07 Å². The molecule has 0 aliphatic carbocycles. The molecule has 3 aromatic heterocycles. The van der Waals surface area contributed by atoms with Crippen LogP contribution in [-0.2, 0) is 6.18 Å². The lowest BCUT2D eigenvalue weighted by Gasteiger charge is -2.23. The number of rotatable bonds is 2. The molecule has 1 N–H and O–H groups in total. The number of nitrogens with one attached hydrogen (secondary N) is 1. The Morgan fingerprint density at radius 2 is 1.81 bits per heavy atom. The minimum Gasteiger partial charge on any atom is -0.365 e. The number of aromatic nitrogens is 4. The first kappa shape index (κ1) is 18.3. The molecule has 5 nitrogen and oxygen atoms in total. The third kappa shape index (κ3) is 3.85. The predicted octanol–water partition coefficient (Wildman–Crippen LogP) is 4.97. The Kier molecular flexibility index (Phi) is 4.47. The number of halogens is 4.